The van der Waals surface area contributed by atoms with E-state index >= 15 is 0 Å². The minimum Gasteiger partial charge on any atom is -0.197 e. The van der Waals surface area contributed by atoms with Gasteiger partial charge in [-0.3, -0.25) is 0 Å². The van der Waals surface area contributed by atoms with Crippen LogP contribution in [0.5, 0.6) is 0 Å². The van der Waals surface area contributed by atoms with Crippen molar-refractivity contribution in [3.8, 4) is 0 Å². The molecule has 0 aliphatic carbocycles. The Labute approximate surface area is 52.0 Å². The molecule has 23 valence electrons. The molecule has 0 aromatic carbocycles. The molecule has 0 aromatic rings. The minimum absolute atomic E-state index is 0. The maximum atomic E-state index is 0. The summed E-state index contributed by atoms with van der Waals surface area (Å²) in [5, 5.41) is 0. The molecule has 0 aliphatic heterocycles. The average molecular weight is 107 g/mol. The van der Waals surface area contributed by atoms with Crippen molar-refractivity contribution in [2.45, 2.75) is 0 Å². The summed E-state index contributed by atoms with van der Waals surface area (Å²) in [7, 11) is 0. The third kappa shape index (κ3) is 10.6. The van der Waals surface area contributed by atoms with Crippen LogP contribution in [0.1, 0.15) is 0 Å². The Bertz CT molecular complexity index is 6.00. The molecule has 0 bridgehead atoms. The van der Waals surface area contributed by atoms with Crippen LogP contribution in [0.4, 0.5) is 0 Å². The molecule has 0 saturated carbocycles. The molecular formula is CH4AlS2. The molecule has 0 saturated heterocycles. The third-order valence-corrected chi connectivity index (χ3v) is 0. The van der Waals surface area contributed by atoms with Gasteiger partial charge in [0.15, 0.2) is 0 Å². The highest BCUT2D eigenvalue weighted by atomic mass is 32.1. The number of hydrogen-bond donors (Lipinski definition) is 0. The Morgan fingerprint density at radius 2 is 0.750 bits per heavy atom. The van der Waals surface area contributed by atoms with Crippen molar-refractivity contribution in [2.24, 2.45) is 0 Å². The average Bonchev–Trinajstić information content (AvgIpc) is 0. The standard InChI is InChI=1S/C.Al.2H2S/h;;2*1H2. The van der Waals surface area contributed by atoms with Gasteiger partial charge in [-0.2, -0.15) is 27.0 Å². The molecule has 0 unspecified atom stereocenters. The summed E-state index contributed by atoms with van der Waals surface area (Å²) in [4.78, 5) is 0. The first-order valence-corrected chi connectivity index (χ1v) is 0. The van der Waals surface area contributed by atoms with Gasteiger partial charge in [0.25, 0.3) is 0 Å². The lowest BCUT2D eigenvalue weighted by molar-refractivity contribution is 3.24. The fourth-order valence-electron chi connectivity index (χ4n) is 0. The normalized spacial score (nSPS) is 0. The van der Waals surface area contributed by atoms with Crippen molar-refractivity contribution in [2.75, 3.05) is 0 Å². The van der Waals surface area contributed by atoms with Crippen molar-refractivity contribution in [1.82, 2.24) is 0 Å². The van der Waals surface area contributed by atoms with E-state index in [0.29, 0.717) is 0 Å². The van der Waals surface area contributed by atoms with E-state index < -0.39 is 0 Å². The van der Waals surface area contributed by atoms with Crippen LogP contribution in [-0.4, -0.2) is 17.4 Å². The predicted octanol–water partition coefficient (Wildman–Crippen LogP) is -0.0739. The highest BCUT2D eigenvalue weighted by molar-refractivity contribution is 7.59. The zero-order valence-corrected chi connectivity index (χ0v) is 5.23. The lowest BCUT2D eigenvalue weighted by Crippen LogP contribution is -0.381. The fourth-order valence-corrected chi connectivity index (χ4v) is 0. The van der Waals surface area contributed by atoms with Crippen molar-refractivity contribution in [1.29, 1.82) is 0 Å². The lowest BCUT2D eigenvalue weighted by atomic mass is 12.0. The molecule has 0 rings (SSSR count). The molecule has 3 heteroatoms. The van der Waals surface area contributed by atoms with Gasteiger partial charge in [0.05, 0.1) is 0 Å². The molecule has 0 atom stereocenters. The number of hydrogen-bond acceptors (Lipinski definition) is 0. The predicted molar refractivity (Wildman–Crippen MR) is 29.8 cm³/mol. The second kappa shape index (κ2) is 29.1. The Morgan fingerprint density at radius 1 is 0.750 bits per heavy atom. The van der Waals surface area contributed by atoms with Crippen molar-refractivity contribution < 1.29 is 0 Å². The zero-order chi connectivity index (χ0) is 0. The van der Waals surface area contributed by atoms with Crippen LogP contribution < -0.4 is 0 Å². The topological polar surface area (TPSA) is 0 Å². The van der Waals surface area contributed by atoms with Crippen molar-refractivity contribution in [3.05, 3.63) is 7.43 Å². The van der Waals surface area contributed by atoms with Crippen LogP contribution in [0.3, 0.4) is 0 Å². The smallest absolute Gasteiger partial charge is 0 e. The summed E-state index contributed by atoms with van der Waals surface area (Å²) < 4.78 is 0. The summed E-state index contributed by atoms with van der Waals surface area (Å²) in [6.45, 7) is 0. The van der Waals surface area contributed by atoms with Crippen LogP contribution in [0.15, 0.2) is 0 Å². The van der Waals surface area contributed by atoms with Gasteiger partial charge < -0.3 is 0 Å². The van der Waals surface area contributed by atoms with E-state index in [0.717, 1.165) is 0 Å². The summed E-state index contributed by atoms with van der Waals surface area (Å²) in [6, 6.07) is 0. The van der Waals surface area contributed by atoms with Gasteiger partial charge in [-0.25, -0.2) is 0 Å². The Morgan fingerprint density at radius 3 is 0.750 bits per heavy atom. The quantitative estimate of drug-likeness (QED) is 0.380. The lowest BCUT2D eigenvalue weighted by Gasteiger charge is -0.198. The first kappa shape index (κ1) is 61.7. The highest BCUT2D eigenvalue weighted by Crippen LogP contribution is 0.649. The van der Waals surface area contributed by atoms with Crippen molar-refractivity contribution >= 4 is 44.4 Å². The molecule has 0 N–H and O–H groups in total. The van der Waals surface area contributed by atoms with Gasteiger partial charge in [0, 0.05) is 24.8 Å². The summed E-state index contributed by atoms with van der Waals surface area (Å²) in [5.41, 5.74) is 0. The van der Waals surface area contributed by atoms with Crippen LogP contribution in [0.25, 0.3) is 0 Å². The van der Waals surface area contributed by atoms with Gasteiger partial charge in [-0.15, -0.1) is 0 Å². The molecule has 0 spiro atoms. The molecule has 0 heterocycles. The van der Waals surface area contributed by atoms with Crippen LogP contribution in [-0.2, 0) is 0 Å². The number of rotatable bonds is 0. The Balaban J connectivity index is 0. The molecule has 0 fully saturated rings. The van der Waals surface area contributed by atoms with E-state index in [-0.39, 0.29) is 51.8 Å². The van der Waals surface area contributed by atoms with E-state index in [4.69, 9.17) is 0 Å². The molecule has 0 nitrogen and oxygen atoms in total. The molecule has 0 aliphatic rings. The van der Waals surface area contributed by atoms with Gasteiger partial charge in [0.1, 0.15) is 0 Å². The second-order valence-corrected chi connectivity index (χ2v) is 0. The zero-order valence-electron chi connectivity index (χ0n) is 2.08. The monoisotopic (exact) mass is 107 g/mol. The van der Waals surface area contributed by atoms with E-state index in [1.807, 2.05) is 0 Å². The second-order valence-electron chi connectivity index (χ2n) is 0. The Hall–Kier alpha value is 1.23. The highest BCUT2D eigenvalue weighted by Gasteiger charge is 0.00102. The van der Waals surface area contributed by atoms with E-state index in [9.17, 15) is 0 Å². The van der Waals surface area contributed by atoms with Crippen LogP contribution in [0.2, 0.25) is 0 Å². The minimum atomic E-state index is 0. The Kier molecular flexibility index (Phi) is 449. The maximum Gasteiger partial charge on any atom is 0 e. The largest absolute Gasteiger partial charge is 0.197 e. The van der Waals surface area contributed by atoms with Gasteiger partial charge >= 0.3 is 0 Å². The summed E-state index contributed by atoms with van der Waals surface area (Å²) in [5.74, 6) is 0. The molecule has 7 radical (unpaired) electrons. The first-order chi connectivity index (χ1) is 0. The molecule has 4 heavy (non-hydrogen) atoms. The van der Waals surface area contributed by atoms with E-state index in [1.54, 1.807) is 0 Å². The molecule has 0 aromatic heterocycles. The van der Waals surface area contributed by atoms with E-state index in [2.05, 4.69) is 0 Å². The summed E-state index contributed by atoms with van der Waals surface area (Å²) >= 11 is 0. The fraction of sp³-hybridized carbons (Fsp3) is 0. The third-order valence-electron chi connectivity index (χ3n) is 0. The van der Waals surface area contributed by atoms with E-state index in [1.165, 1.54) is 0 Å². The van der Waals surface area contributed by atoms with Crippen molar-refractivity contribution in [3.63, 3.8) is 0 Å². The van der Waals surface area contributed by atoms with Gasteiger partial charge in [-0.1, -0.05) is 0 Å². The summed E-state index contributed by atoms with van der Waals surface area (Å²) in [6.07, 6.45) is 0. The molecular weight excluding hydrogens is 103 g/mol. The SMILES string of the molecule is S.S.[Al].[C]. The van der Waals surface area contributed by atoms with Gasteiger partial charge in [-0.05, 0) is 0 Å². The van der Waals surface area contributed by atoms with Crippen LogP contribution in [0, 0.1) is 7.43 Å². The van der Waals surface area contributed by atoms with Crippen LogP contribution >= 0.6 is 27.0 Å². The maximum absolute atomic E-state index is 0. The molecule has 0 amide bonds. The first-order valence-electron chi connectivity index (χ1n) is 0. The van der Waals surface area contributed by atoms with Gasteiger partial charge in [0.2, 0.25) is 0 Å².